The van der Waals surface area contributed by atoms with E-state index in [9.17, 15) is 5.11 Å². The summed E-state index contributed by atoms with van der Waals surface area (Å²) in [7, 11) is 0. The normalized spacial score (nSPS) is 38.7. The van der Waals surface area contributed by atoms with Crippen molar-refractivity contribution in [2.45, 2.75) is 31.8 Å². The second kappa shape index (κ2) is 3.91. The zero-order chi connectivity index (χ0) is 10.0. The molecule has 2 aliphatic rings. The van der Waals surface area contributed by atoms with E-state index in [-0.39, 0.29) is 0 Å². The van der Waals surface area contributed by atoms with Gasteiger partial charge in [-0.25, -0.2) is 0 Å². The van der Waals surface area contributed by atoms with Gasteiger partial charge < -0.3 is 15.2 Å². The molecule has 0 bridgehead atoms. The highest BCUT2D eigenvalue weighted by Gasteiger charge is 2.38. The van der Waals surface area contributed by atoms with Crippen LogP contribution >= 0.6 is 0 Å². The number of piperidine rings is 1. The highest BCUT2D eigenvalue weighted by Crippen LogP contribution is 2.30. The van der Waals surface area contributed by atoms with Crippen molar-refractivity contribution < 1.29 is 9.84 Å². The molecule has 0 amide bonds. The third kappa shape index (κ3) is 1.93. The Balaban J connectivity index is 2.09. The fourth-order valence-electron chi connectivity index (χ4n) is 2.32. The third-order valence-electron chi connectivity index (χ3n) is 2.99. The van der Waals surface area contributed by atoms with Crippen molar-refractivity contribution in [3.63, 3.8) is 0 Å². The van der Waals surface area contributed by atoms with Crippen molar-refractivity contribution in [3.8, 4) is 0 Å². The standard InChI is InChI=1S/C11H19NO2/c1-9-6-11(13,8-12-7-9)10-4-2-3-5-14-10/h4,9,12-13H,2-3,5-8H2,1H3. The first-order valence-corrected chi connectivity index (χ1v) is 5.47. The van der Waals surface area contributed by atoms with Gasteiger partial charge >= 0.3 is 0 Å². The van der Waals surface area contributed by atoms with E-state index in [1.54, 1.807) is 0 Å². The first kappa shape index (κ1) is 9.99. The number of nitrogens with one attached hydrogen (secondary N) is 1. The highest BCUT2D eigenvalue weighted by atomic mass is 16.5. The van der Waals surface area contributed by atoms with Gasteiger partial charge in [0.15, 0.2) is 0 Å². The molecule has 0 spiro atoms. The van der Waals surface area contributed by atoms with E-state index >= 15 is 0 Å². The van der Waals surface area contributed by atoms with Gasteiger partial charge in [-0.2, -0.15) is 0 Å². The Morgan fingerprint density at radius 2 is 2.50 bits per heavy atom. The quantitative estimate of drug-likeness (QED) is 0.660. The average molecular weight is 197 g/mol. The van der Waals surface area contributed by atoms with Crippen molar-refractivity contribution in [1.82, 2.24) is 5.32 Å². The lowest BCUT2D eigenvalue weighted by molar-refractivity contribution is -0.0242. The first-order valence-electron chi connectivity index (χ1n) is 5.47. The Morgan fingerprint density at radius 1 is 1.64 bits per heavy atom. The lowest BCUT2D eigenvalue weighted by Crippen LogP contribution is -2.50. The van der Waals surface area contributed by atoms with Gasteiger partial charge in [-0.15, -0.1) is 0 Å². The second-order valence-electron chi connectivity index (χ2n) is 4.53. The van der Waals surface area contributed by atoms with Gasteiger partial charge in [-0.1, -0.05) is 6.92 Å². The molecule has 2 aliphatic heterocycles. The number of ether oxygens (including phenoxy) is 1. The van der Waals surface area contributed by atoms with E-state index in [0.29, 0.717) is 12.5 Å². The lowest BCUT2D eigenvalue weighted by Gasteiger charge is -2.38. The minimum atomic E-state index is -0.752. The van der Waals surface area contributed by atoms with Crippen LogP contribution in [0.15, 0.2) is 11.8 Å². The van der Waals surface area contributed by atoms with Crippen molar-refractivity contribution in [2.24, 2.45) is 5.92 Å². The molecular weight excluding hydrogens is 178 g/mol. The van der Waals surface area contributed by atoms with Crippen LogP contribution in [0.25, 0.3) is 0 Å². The van der Waals surface area contributed by atoms with Crippen molar-refractivity contribution in [3.05, 3.63) is 11.8 Å². The number of hydrogen-bond donors (Lipinski definition) is 2. The molecule has 0 aromatic carbocycles. The predicted molar refractivity (Wildman–Crippen MR) is 54.9 cm³/mol. The molecule has 3 heteroatoms. The number of allylic oxidation sites excluding steroid dienone is 1. The Labute approximate surface area is 85.1 Å². The topological polar surface area (TPSA) is 41.5 Å². The van der Waals surface area contributed by atoms with Crippen molar-refractivity contribution in [1.29, 1.82) is 0 Å². The van der Waals surface area contributed by atoms with E-state index in [1.165, 1.54) is 0 Å². The molecule has 80 valence electrons. The summed E-state index contributed by atoms with van der Waals surface area (Å²) in [4.78, 5) is 0. The van der Waals surface area contributed by atoms with E-state index in [4.69, 9.17) is 4.74 Å². The van der Waals surface area contributed by atoms with Crippen LogP contribution in [0.3, 0.4) is 0 Å². The van der Waals surface area contributed by atoms with Gasteiger partial charge in [-0.05, 0) is 37.8 Å². The number of rotatable bonds is 1. The van der Waals surface area contributed by atoms with Gasteiger partial charge in [0.2, 0.25) is 0 Å². The van der Waals surface area contributed by atoms with E-state index < -0.39 is 5.60 Å². The van der Waals surface area contributed by atoms with E-state index in [1.807, 2.05) is 6.08 Å². The molecule has 2 N–H and O–H groups in total. The van der Waals surface area contributed by atoms with Crippen LogP contribution in [-0.4, -0.2) is 30.4 Å². The molecule has 2 rings (SSSR count). The van der Waals surface area contributed by atoms with Crippen LogP contribution in [0.5, 0.6) is 0 Å². The molecule has 14 heavy (non-hydrogen) atoms. The Hall–Kier alpha value is -0.540. The summed E-state index contributed by atoms with van der Waals surface area (Å²) in [5.41, 5.74) is -0.752. The SMILES string of the molecule is CC1CNCC(O)(C2=CCCCO2)C1. The Kier molecular flexibility index (Phi) is 2.79. The van der Waals surface area contributed by atoms with Gasteiger partial charge in [0.05, 0.1) is 6.61 Å². The van der Waals surface area contributed by atoms with E-state index in [2.05, 4.69) is 12.2 Å². The summed E-state index contributed by atoms with van der Waals surface area (Å²) in [6.45, 7) is 4.53. The van der Waals surface area contributed by atoms with Gasteiger partial charge in [0, 0.05) is 6.54 Å². The fourth-order valence-corrected chi connectivity index (χ4v) is 2.32. The molecule has 0 radical (unpaired) electrons. The number of aliphatic hydroxyl groups is 1. The van der Waals surface area contributed by atoms with Gasteiger partial charge in [0.25, 0.3) is 0 Å². The zero-order valence-corrected chi connectivity index (χ0v) is 8.75. The molecule has 3 nitrogen and oxygen atoms in total. The fraction of sp³-hybridized carbons (Fsp3) is 0.818. The summed E-state index contributed by atoms with van der Waals surface area (Å²) in [6.07, 6.45) is 4.96. The van der Waals surface area contributed by atoms with Crippen molar-refractivity contribution in [2.75, 3.05) is 19.7 Å². The largest absolute Gasteiger partial charge is 0.495 e. The second-order valence-corrected chi connectivity index (χ2v) is 4.53. The summed E-state index contributed by atoms with van der Waals surface area (Å²) in [5, 5.41) is 13.7. The molecule has 0 saturated carbocycles. The maximum Gasteiger partial charge on any atom is 0.134 e. The van der Waals surface area contributed by atoms with Gasteiger partial charge in [0.1, 0.15) is 11.4 Å². The molecule has 0 aliphatic carbocycles. The van der Waals surface area contributed by atoms with Crippen LogP contribution in [0.1, 0.15) is 26.2 Å². The van der Waals surface area contributed by atoms with E-state index in [0.717, 1.165) is 38.2 Å². The molecule has 2 heterocycles. The van der Waals surface area contributed by atoms with Crippen LogP contribution in [0, 0.1) is 5.92 Å². The molecule has 0 aromatic heterocycles. The third-order valence-corrected chi connectivity index (χ3v) is 2.99. The maximum absolute atomic E-state index is 10.4. The molecular formula is C11H19NO2. The lowest BCUT2D eigenvalue weighted by atomic mass is 9.85. The molecule has 0 aromatic rings. The Morgan fingerprint density at radius 3 is 3.14 bits per heavy atom. The number of hydrogen-bond acceptors (Lipinski definition) is 3. The van der Waals surface area contributed by atoms with Crippen LogP contribution < -0.4 is 5.32 Å². The summed E-state index contributed by atoms with van der Waals surface area (Å²) in [5.74, 6) is 1.31. The van der Waals surface area contributed by atoms with Crippen LogP contribution in [-0.2, 0) is 4.74 Å². The predicted octanol–water partition coefficient (Wildman–Crippen LogP) is 1.04. The van der Waals surface area contributed by atoms with Gasteiger partial charge in [-0.3, -0.25) is 0 Å². The molecule has 1 fully saturated rings. The summed E-state index contributed by atoms with van der Waals surface area (Å²) in [6, 6.07) is 0. The summed E-state index contributed by atoms with van der Waals surface area (Å²) < 4.78 is 5.54. The number of β-amino-alcohol motifs (C(OH)–C–C–N with tert-alkyl or cyclic N) is 1. The highest BCUT2D eigenvalue weighted by molar-refractivity contribution is 5.14. The van der Waals surface area contributed by atoms with Crippen LogP contribution in [0.2, 0.25) is 0 Å². The minimum absolute atomic E-state index is 0.514. The molecule has 2 atom stereocenters. The maximum atomic E-state index is 10.4. The zero-order valence-electron chi connectivity index (χ0n) is 8.75. The smallest absolute Gasteiger partial charge is 0.134 e. The monoisotopic (exact) mass is 197 g/mol. The van der Waals surface area contributed by atoms with Crippen molar-refractivity contribution >= 4 is 0 Å². The molecule has 2 unspecified atom stereocenters. The first-order chi connectivity index (χ1) is 6.71. The Bertz CT molecular complexity index is 239. The van der Waals surface area contributed by atoms with Crippen LogP contribution in [0.4, 0.5) is 0 Å². The average Bonchev–Trinajstić information content (AvgIpc) is 2.19. The molecule has 1 saturated heterocycles. The minimum Gasteiger partial charge on any atom is -0.495 e. The summed E-state index contributed by atoms with van der Waals surface area (Å²) >= 11 is 0.